The molecule has 22 heavy (non-hydrogen) atoms. The van der Waals surface area contributed by atoms with Crippen molar-refractivity contribution < 1.29 is 14.1 Å². The van der Waals surface area contributed by atoms with Crippen LogP contribution in [0.25, 0.3) is 0 Å². The average molecular weight is 301 g/mol. The molecule has 0 spiro atoms. The zero-order valence-electron chi connectivity index (χ0n) is 12.6. The molecule has 1 aliphatic heterocycles. The summed E-state index contributed by atoms with van der Waals surface area (Å²) in [5.41, 5.74) is 1.04. The van der Waals surface area contributed by atoms with Crippen molar-refractivity contribution in [1.29, 1.82) is 0 Å². The summed E-state index contributed by atoms with van der Waals surface area (Å²) >= 11 is 0. The summed E-state index contributed by atoms with van der Waals surface area (Å²) in [5, 5.41) is 3.99. The minimum Gasteiger partial charge on any atom is -0.375 e. The molecule has 1 fully saturated rings. The van der Waals surface area contributed by atoms with Crippen LogP contribution in [-0.2, 0) is 22.6 Å². The van der Waals surface area contributed by atoms with Gasteiger partial charge in [-0.1, -0.05) is 35.5 Å². The number of hydrogen-bond acceptors (Lipinski definition) is 5. The first-order chi connectivity index (χ1) is 10.8. The molecule has 6 heteroatoms. The first kappa shape index (κ1) is 14.7. The van der Waals surface area contributed by atoms with Gasteiger partial charge in [-0.15, -0.1) is 0 Å². The van der Waals surface area contributed by atoms with Gasteiger partial charge >= 0.3 is 0 Å². The van der Waals surface area contributed by atoms with Gasteiger partial charge in [0.2, 0.25) is 5.91 Å². The Morgan fingerprint density at radius 1 is 1.41 bits per heavy atom. The summed E-state index contributed by atoms with van der Waals surface area (Å²) in [5.74, 6) is 1.44. The second-order valence-corrected chi connectivity index (χ2v) is 5.47. The highest BCUT2D eigenvalue weighted by Gasteiger charge is 2.30. The Bertz CT molecular complexity index is 627. The summed E-state index contributed by atoms with van der Waals surface area (Å²) in [6.07, 6.45) is 1.31. The van der Waals surface area contributed by atoms with E-state index < -0.39 is 0 Å². The lowest BCUT2D eigenvalue weighted by atomic mass is 10.1. The monoisotopic (exact) mass is 301 g/mol. The van der Waals surface area contributed by atoms with Crippen molar-refractivity contribution in [2.75, 3.05) is 20.2 Å². The van der Waals surface area contributed by atoms with Gasteiger partial charge in [0.15, 0.2) is 5.82 Å². The molecule has 3 rings (SSSR count). The van der Waals surface area contributed by atoms with Crippen LogP contribution in [-0.4, -0.2) is 41.1 Å². The van der Waals surface area contributed by atoms with E-state index in [9.17, 15) is 4.79 Å². The van der Waals surface area contributed by atoms with Crippen molar-refractivity contribution in [3.05, 3.63) is 47.6 Å². The number of amides is 1. The van der Waals surface area contributed by atoms with Crippen molar-refractivity contribution in [1.82, 2.24) is 15.0 Å². The fourth-order valence-corrected chi connectivity index (χ4v) is 2.70. The molecule has 1 amide bonds. The Morgan fingerprint density at radius 3 is 3.00 bits per heavy atom. The van der Waals surface area contributed by atoms with Crippen LogP contribution in [0.4, 0.5) is 0 Å². The van der Waals surface area contributed by atoms with E-state index in [-0.39, 0.29) is 11.8 Å². The SMILES string of the molecule is COCc1nc(C2CCN(C(=O)Cc3ccccc3)C2)no1. The van der Waals surface area contributed by atoms with E-state index in [1.165, 1.54) is 0 Å². The standard InChI is InChI=1S/C16H19N3O3/c1-21-11-14-17-16(18-22-14)13-7-8-19(10-13)15(20)9-12-5-3-2-4-6-12/h2-6,13H,7-11H2,1H3. The molecule has 1 unspecified atom stereocenters. The van der Waals surface area contributed by atoms with Crippen LogP contribution < -0.4 is 0 Å². The molecule has 0 bridgehead atoms. The Hall–Kier alpha value is -2.21. The van der Waals surface area contributed by atoms with Crippen LogP contribution in [0.2, 0.25) is 0 Å². The second-order valence-electron chi connectivity index (χ2n) is 5.47. The molecule has 1 atom stereocenters. The van der Waals surface area contributed by atoms with Crippen molar-refractivity contribution in [3.63, 3.8) is 0 Å². The molecular formula is C16H19N3O3. The first-order valence-corrected chi connectivity index (χ1v) is 7.39. The van der Waals surface area contributed by atoms with Crippen LogP contribution in [0.5, 0.6) is 0 Å². The Morgan fingerprint density at radius 2 is 2.23 bits per heavy atom. The Labute approximate surface area is 129 Å². The molecule has 0 radical (unpaired) electrons. The number of nitrogens with zero attached hydrogens (tertiary/aromatic N) is 3. The highest BCUT2D eigenvalue weighted by Crippen LogP contribution is 2.25. The second kappa shape index (κ2) is 6.70. The van der Waals surface area contributed by atoms with Crippen LogP contribution in [0, 0.1) is 0 Å². The molecule has 116 valence electrons. The van der Waals surface area contributed by atoms with Gasteiger partial charge < -0.3 is 14.2 Å². The van der Waals surface area contributed by atoms with Crippen LogP contribution in [0.3, 0.4) is 0 Å². The predicted octanol–water partition coefficient (Wildman–Crippen LogP) is 1.77. The van der Waals surface area contributed by atoms with Gasteiger partial charge in [0.1, 0.15) is 6.61 Å². The van der Waals surface area contributed by atoms with E-state index in [0.29, 0.717) is 31.3 Å². The third-order valence-electron chi connectivity index (χ3n) is 3.86. The quantitative estimate of drug-likeness (QED) is 0.842. The summed E-state index contributed by atoms with van der Waals surface area (Å²) in [7, 11) is 1.59. The van der Waals surface area contributed by atoms with E-state index in [2.05, 4.69) is 10.1 Å². The number of likely N-dealkylation sites (tertiary alicyclic amines) is 1. The zero-order valence-corrected chi connectivity index (χ0v) is 12.6. The zero-order chi connectivity index (χ0) is 15.4. The molecule has 1 saturated heterocycles. The van der Waals surface area contributed by atoms with Crippen LogP contribution in [0.1, 0.15) is 29.6 Å². The molecule has 0 aliphatic carbocycles. The van der Waals surface area contributed by atoms with Crippen LogP contribution >= 0.6 is 0 Å². The summed E-state index contributed by atoms with van der Waals surface area (Å²) in [6.45, 7) is 1.71. The van der Waals surface area contributed by atoms with Gasteiger partial charge in [0, 0.05) is 26.1 Å². The van der Waals surface area contributed by atoms with Gasteiger partial charge in [0.05, 0.1) is 6.42 Å². The van der Waals surface area contributed by atoms with Crippen molar-refractivity contribution >= 4 is 5.91 Å². The van der Waals surface area contributed by atoms with E-state index in [1.54, 1.807) is 7.11 Å². The third kappa shape index (κ3) is 3.33. The van der Waals surface area contributed by atoms with Crippen molar-refractivity contribution in [3.8, 4) is 0 Å². The maximum Gasteiger partial charge on any atom is 0.252 e. The lowest BCUT2D eigenvalue weighted by Gasteiger charge is -2.15. The molecule has 1 aromatic carbocycles. The Kier molecular flexibility index (Phi) is 4.48. The molecule has 6 nitrogen and oxygen atoms in total. The van der Waals surface area contributed by atoms with Gasteiger partial charge in [-0.25, -0.2) is 0 Å². The largest absolute Gasteiger partial charge is 0.375 e. The fourth-order valence-electron chi connectivity index (χ4n) is 2.70. The maximum atomic E-state index is 12.3. The molecule has 0 N–H and O–H groups in total. The molecule has 2 heterocycles. The van der Waals surface area contributed by atoms with Gasteiger partial charge in [0.25, 0.3) is 5.89 Å². The topological polar surface area (TPSA) is 68.5 Å². The van der Waals surface area contributed by atoms with E-state index in [4.69, 9.17) is 9.26 Å². The van der Waals surface area contributed by atoms with Crippen LogP contribution in [0.15, 0.2) is 34.9 Å². The lowest BCUT2D eigenvalue weighted by molar-refractivity contribution is -0.129. The van der Waals surface area contributed by atoms with Gasteiger partial charge in [-0.2, -0.15) is 4.98 Å². The fraction of sp³-hybridized carbons (Fsp3) is 0.438. The van der Waals surface area contributed by atoms with Crippen molar-refractivity contribution in [2.24, 2.45) is 0 Å². The number of benzene rings is 1. The van der Waals surface area contributed by atoms with Crippen molar-refractivity contribution in [2.45, 2.75) is 25.4 Å². The minimum absolute atomic E-state index is 0.147. The number of ether oxygens (including phenoxy) is 1. The van der Waals surface area contributed by atoms with E-state index in [0.717, 1.165) is 18.5 Å². The third-order valence-corrected chi connectivity index (χ3v) is 3.86. The number of methoxy groups -OCH3 is 1. The molecular weight excluding hydrogens is 282 g/mol. The number of hydrogen-bond donors (Lipinski definition) is 0. The average Bonchev–Trinajstić information content (AvgIpc) is 3.17. The highest BCUT2D eigenvalue weighted by molar-refractivity contribution is 5.79. The molecule has 1 aromatic heterocycles. The minimum atomic E-state index is 0.147. The molecule has 0 saturated carbocycles. The smallest absolute Gasteiger partial charge is 0.252 e. The van der Waals surface area contributed by atoms with E-state index in [1.807, 2.05) is 35.2 Å². The van der Waals surface area contributed by atoms with Gasteiger partial charge in [-0.3, -0.25) is 4.79 Å². The maximum absolute atomic E-state index is 12.3. The summed E-state index contributed by atoms with van der Waals surface area (Å²) in [4.78, 5) is 18.5. The first-order valence-electron chi connectivity index (χ1n) is 7.39. The number of carbonyl (C=O) groups is 1. The predicted molar refractivity (Wildman–Crippen MR) is 79.1 cm³/mol. The highest BCUT2D eigenvalue weighted by atomic mass is 16.5. The molecule has 2 aromatic rings. The Balaban J connectivity index is 1.58. The normalized spacial score (nSPS) is 17.9. The lowest BCUT2D eigenvalue weighted by Crippen LogP contribution is -2.29. The number of carbonyl (C=O) groups excluding carboxylic acids is 1. The number of rotatable bonds is 5. The number of aromatic nitrogens is 2. The van der Waals surface area contributed by atoms with E-state index >= 15 is 0 Å². The molecule has 1 aliphatic rings. The summed E-state index contributed by atoms with van der Waals surface area (Å²) < 4.78 is 10.1. The summed E-state index contributed by atoms with van der Waals surface area (Å²) in [6, 6.07) is 9.80. The van der Waals surface area contributed by atoms with Gasteiger partial charge in [-0.05, 0) is 12.0 Å².